The first-order valence-corrected chi connectivity index (χ1v) is 10.4. The zero-order valence-corrected chi connectivity index (χ0v) is 18.2. The fourth-order valence-electron chi connectivity index (χ4n) is 2.42. The molecule has 0 aromatic heterocycles. The number of halogens is 3. The molecule has 10 heteroatoms. The van der Waals surface area contributed by atoms with Crippen molar-refractivity contribution in [3.05, 3.63) is 63.1 Å². The Bertz CT molecular complexity index is 1010. The van der Waals surface area contributed by atoms with Gasteiger partial charge in [-0.05, 0) is 42.8 Å². The molecule has 0 spiro atoms. The van der Waals surface area contributed by atoms with E-state index in [1.807, 2.05) is 12.1 Å². The maximum atomic E-state index is 12.3. The van der Waals surface area contributed by atoms with Gasteiger partial charge in [-0.15, -0.1) is 5.10 Å². The predicted molar refractivity (Wildman–Crippen MR) is 120 cm³/mol. The van der Waals surface area contributed by atoms with Crippen LogP contribution in [0.15, 0.2) is 52.7 Å². The molecule has 1 unspecified atom stereocenters. The topological polar surface area (TPSA) is 82.9 Å². The first kappa shape index (κ1) is 21.6. The van der Waals surface area contributed by atoms with Crippen molar-refractivity contribution in [3.63, 3.8) is 0 Å². The summed E-state index contributed by atoms with van der Waals surface area (Å²) in [6.07, 6.45) is -0.0334. The molecule has 0 bridgehead atoms. The Morgan fingerprint density at radius 2 is 1.83 bits per heavy atom. The van der Waals surface area contributed by atoms with E-state index in [0.29, 0.717) is 31.6 Å². The van der Waals surface area contributed by atoms with Gasteiger partial charge >= 0.3 is 0 Å². The quantitative estimate of drug-likeness (QED) is 0.478. The molecule has 1 heterocycles. The lowest BCUT2D eigenvalue weighted by molar-refractivity contribution is -0.122. The average Bonchev–Trinajstić information content (AvgIpc) is 3.02. The molecule has 2 aromatic carbocycles. The second kappa shape index (κ2) is 9.63. The highest BCUT2D eigenvalue weighted by Crippen LogP contribution is 2.27. The third kappa shape index (κ3) is 5.96. The highest BCUT2D eigenvalue weighted by Gasteiger charge is 2.32. The van der Waals surface area contributed by atoms with Crippen molar-refractivity contribution in [2.45, 2.75) is 18.6 Å². The van der Waals surface area contributed by atoms with Crippen LogP contribution in [0.1, 0.15) is 18.9 Å². The van der Waals surface area contributed by atoms with Crippen LogP contribution in [-0.2, 0) is 9.59 Å². The van der Waals surface area contributed by atoms with Gasteiger partial charge in [0.05, 0.1) is 16.4 Å². The Kier molecular flexibility index (Phi) is 7.18. The zero-order chi connectivity index (χ0) is 21.0. The number of carbonyl (C=O) groups excluding carboxylic acids is 2. The maximum Gasteiger partial charge on any atom is 0.240 e. The van der Waals surface area contributed by atoms with Gasteiger partial charge in [0.1, 0.15) is 5.25 Å². The van der Waals surface area contributed by atoms with Crippen molar-refractivity contribution in [2.24, 2.45) is 10.2 Å². The smallest absolute Gasteiger partial charge is 0.240 e. The minimum Gasteiger partial charge on any atom is -0.325 e. The van der Waals surface area contributed by atoms with Crippen molar-refractivity contribution in [1.82, 2.24) is 5.32 Å². The summed E-state index contributed by atoms with van der Waals surface area (Å²) in [7, 11) is 0. The molecule has 1 fully saturated rings. The van der Waals surface area contributed by atoms with E-state index in [4.69, 9.17) is 34.8 Å². The Hall–Kier alpha value is -2.06. The highest BCUT2D eigenvalue weighted by atomic mass is 35.5. The van der Waals surface area contributed by atoms with E-state index in [1.54, 1.807) is 31.2 Å². The van der Waals surface area contributed by atoms with Gasteiger partial charge in [-0.1, -0.05) is 58.7 Å². The largest absolute Gasteiger partial charge is 0.325 e. The second-order valence-electron chi connectivity index (χ2n) is 6.07. The Morgan fingerprint density at radius 1 is 1.14 bits per heavy atom. The number of amidine groups is 1. The molecule has 1 aliphatic heterocycles. The molecule has 1 atom stereocenters. The number of hydrogen-bond acceptors (Lipinski definition) is 5. The fraction of sp³-hybridized carbons (Fsp3) is 0.158. The SMILES string of the molecule is C/C(=N\N=C1/NC(=O)C(CC(=O)Nc2ccc(Cl)cc2Cl)S1)c1ccc(Cl)cc1. The predicted octanol–water partition coefficient (Wildman–Crippen LogP) is 4.99. The molecule has 3 rings (SSSR count). The third-order valence-electron chi connectivity index (χ3n) is 3.91. The van der Waals surface area contributed by atoms with E-state index in [9.17, 15) is 9.59 Å². The van der Waals surface area contributed by atoms with E-state index < -0.39 is 5.25 Å². The summed E-state index contributed by atoms with van der Waals surface area (Å²) in [5, 5.41) is 14.7. The number of amides is 2. The molecule has 0 aliphatic carbocycles. The van der Waals surface area contributed by atoms with Crippen LogP contribution in [0.3, 0.4) is 0 Å². The molecule has 1 aliphatic rings. The number of anilines is 1. The number of nitrogens with one attached hydrogen (secondary N) is 2. The monoisotopic (exact) mass is 468 g/mol. The number of hydrogen-bond donors (Lipinski definition) is 2. The van der Waals surface area contributed by atoms with Crippen LogP contribution < -0.4 is 10.6 Å². The zero-order valence-electron chi connectivity index (χ0n) is 15.1. The number of nitrogens with zero attached hydrogens (tertiary/aromatic N) is 2. The van der Waals surface area contributed by atoms with E-state index in [-0.39, 0.29) is 18.2 Å². The molecule has 0 radical (unpaired) electrons. The Morgan fingerprint density at radius 3 is 2.52 bits per heavy atom. The fourth-order valence-corrected chi connectivity index (χ4v) is 3.92. The number of rotatable bonds is 5. The Labute approximate surface area is 186 Å². The van der Waals surface area contributed by atoms with Crippen molar-refractivity contribution < 1.29 is 9.59 Å². The molecule has 0 saturated carbocycles. The van der Waals surface area contributed by atoms with E-state index in [0.717, 1.165) is 17.3 Å². The maximum absolute atomic E-state index is 12.3. The third-order valence-corrected chi connectivity index (χ3v) is 5.78. The van der Waals surface area contributed by atoms with Gasteiger partial charge in [0, 0.05) is 16.5 Å². The summed E-state index contributed by atoms with van der Waals surface area (Å²) in [6.45, 7) is 1.80. The van der Waals surface area contributed by atoms with Gasteiger partial charge in [0.2, 0.25) is 11.8 Å². The van der Waals surface area contributed by atoms with Crippen LogP contribution in [0.4, 0.5) is 5.69 Å². The summed E-state index contributed by atoms with van der Waals surface area (Å²) in [6, 6.07) is 11.9. The minimum atomic E-state index is -0.606. The number of thioether (sulfide) groups is 1. The van der Waals surface area contributed by atoms with Crippen molar-refractivity contribution in [2.75, 3.05) is 5.32 Å². The van der Waals surface area contributed by atoms with E-state index in [2.05, 4.69) is 20.8 Å². The summed E-state index contributed by atoms with van der Waals surface area (Å²) < 4.78 is 0. The highest BCUT2D eigenvalue weighted by molar-refractivity contribution is 8.15. The first-order chi connectivity index (χ1) is 13.8. The summed E-state index contributed by atoms with van der Waals surface area (Å²) >= 11 is 18.9. The number of benzene rings is 2. The van der Waals surface area contributed by atoms with E-state index in [1.165, 1.54) is 6.07 Å². The van der Waals surface area contributed by atoms with Crippen LogP contribution in [0.5, 0.6) is 0 Å². The van der Waals surface area contributed by atoms with Crippen molar-refractivity contribution >= 4 is 74.9 Å². The molecule has 2 amide bonds. The lowest BCUT2D eigenvalue weighted by Gasteiger charge is -2.09. The molecular formula is C19H15Cl3N4O2S. The second-order valence-corrected chi connectivity index (χ2v) is 8.54. The molecule has 6 nitrogen and oxygen atoms in total. The average molecular weight is 470 g/mol. The van der Waals surface area contributed by atoms with Crippen LogP contribution >= 0.6 is 46.6 Å². The summed E-state index contributed by atoms with van der Waals surface area (Å²) in [5.41, 5.74) is 1.97. The minimum absolute atomic E-state index is 0.0334. The van der Waals surface area contributed by atoms with Crippen LogP contribution in [0.2, 0.25) is 15.1 Å². The summed E-state index contributed by atoms with van der Waals surface area (Å²) in [4.78, 5) is 24.4. The van der Waals surface area contributed by atoms with Crippen LogP contribution in [0.25, 0.3) is 0 Å². The van der Waals surface area contributed by atoms with E-state index >= 15 is 0 Å². The van der Waals surface area contributed by atoms with Gasteiger partial charge in [0.15, 0.2) is 5.17 Å². The summed E-state index contributed by atoms with van der Waals surface area (Å²) in [5.74, 6) is -0.644. The first-order valence-electron chi connectivity index (χ1n) is 8.42. The van der Waals surface area contributed by atoms with Crippen LogP contribution in [0, 0.1) is 0 Å². The van der Waals surface area contributed by atoms with Gasteiger partial charge in [-0.25, -0.2) is 0 Å². The van der Waals surface area contributed by atoms with Crippen molar-refractivity contribution in [3.8, 4) is 0 Å². The Balaban J connectivity index is 1.60. The van der Waals surface area contributed by atoms with Gasteiger partial charge in [-0.3, -0.25) is 9.59 Å². The molecule has 1 saturated heterocycles. The molecular weight excluding hydrogens is 455 g/mol. The lowest BCUT2D eigenvalue weighted by Crippen LogP contribution is -2.28. The van der Waals surface area contributed by atoms with Gasteiger partial charge in [-0.2, -0.15) is 5.10 Å². The number of carbonyl (C=O) groups is 2. The van der Waals surface area contributed by atoms with Gasteiger partial charge in [0.25, 0.3) is 0 Å². The van der Waals surface area contributed by atoms with Crippen molar-refractivity contribution in [1.29, 1.82) is 0 Å². The standard InChI is InChI=1S/C19H15Cl3N4O2S/c1-10(11-2-4-12(20)5-3-11)25-26-19-24-18(28)16(29-19)9-17(27)23-15-7-6-13(21)8-14(15)22/h2-8,16H,9H2,1H3,(H,23,27)(H,24,26,28)/b25-10+. The lowest BCUT2D eigenvalue weighted by atomic mass is 10.1. The van der Waals surface area contributed by atoms with Gasteiger partial charge < -0.3 is 10.6 Å². The molecule has 2 N–H and O–H groups in total. The normalized spacial score (nSPS) is 18.1. The molecule has 29 heavy (non-hydrogen) atoms. The van der Waals surface area contributed by atoms with Crippen LogP contribution in [-0.4, -0.2) is 27.9 Å². The molecule has 150 valence electrons. The molecule has 2 aromatic rings.